The van der Waals surface area contributed by atoms with Gasteiger partial charge in [-0.15, -0.1) is 0 Å². The first-order chi connectivity index (χ1) is 10.8. The Hall–Kier alpha value is -1.95. The van der Waals surface area contributed by atoms with Gasteiger partial charge in [0.2, 0.25) is 0 Å². The molecule has 5 nitrogen and oxygen atoms in total. The van der Waals surface area contributed by atoms with Gasteiger partial charge in [-0.3, -0.25) is 0 Å². The van der Waals surface area contributed by atoms with Crippen molar-refractivity contribution in [2.45, 2.75) is 6.04 Å². The van der Waals surface area contributed by atoms with E-state index in [0.717, 1.165) is 0 Å². The number of rotatable bonds is 5. The third-order valence-electron chi connectivity index (χ3n) is 3.04. The van der Waals surface area contributed by atoms with Crippen molar-refractivity contribution in [2.24, 2.45) is 0 Å². The summed E-state index contributed by atoms with van der Waals surface area (Å²) in [7, 11) is 0. The molecule has 0 spiro atoms. The Bertz CT molecular complexity index is 779. The zero-order chi connectivity index (χ0) is 17.1. The van der Waals surface area contributed by atoms with Crippen LogP contribution in [-0.2, 0) is 4.79 Å². The minimum absolute atomic E-state index is 0.00244. The highest BCUT2D eigenvalue weighted by Gasteiger charge is 2.24. The molecule has 8 heteroatoms. The molecule has 2 aromatic rings. The van der Waals surface area contributed by atoms with Crippen LogP contribution < -0.4 is 5.32 Å². The molecule has 1 unspecified atom stereocenters. The predicted octanol–water partition coefficient (Wildman–Crippen LogP) is 4.58. The van der Waals surface area contributed by atoms with E-state index < -0.39 is 18.0 Å². The molecule has 2 rings (SSSR count). The molecule has 0 aliphatic heterocycles. The third kappa shape index (κ3) is 3.88. The topological polar surface area (TPSA) is 86.6 Å². The maximum absolute atomic E-state index is 11.6. The van der Waals surface area contributed by atoms with Crippen molar-refractivity contribution in [3.8, 4) is 0 Å². The van der Waals surface area contributed by atoms with E-state index in [1.165, 1.54) is 12.1 Å². The molecule has 23 heavy (non-hydrogen) atoms. The molecule has 0 saturated carbocycles. The van der Waals surface area contributed by atoms with Gasteiger partial charge in [0, 0.05) is 10.6 Å². The number of aromatic carboxylic acids is 1. The van der Waals surface area contributed by atoms with E-state index in [2.05, 4.69) is 5.32 Å². The van der Waals surface area contributed by atoms with Gasteiger partial charge in [-0.2, -0.15) is 0 Å². The summed E-state index contributed by atoms with van der Waals surface area (Å²) in [6, 6.07) is 7.58. The summed E-state index contributed by atoms with van der Waals surface area (Å²) < 4.78 is 0. The van der Waals surface area contributed by atoms with Crippen molar-refractivity contribution in [3.05, 3.63) is 62.6 Å². The number of halogens is 3. The van der Waals surface area contributed by atoms with E-state index >= 15 is 0 Å². The van der Waals surface area contributed by atoms with Crippen molar-refractivity contribution in [1.29, 1.82) is 0 Å². The SMILES string of the molecule is O=C(O)c1cc(Cl)c(Cl)c(NC(C(=O)O)c2ccccc2Cl)c1. The van der Waals surface area contributed by atoms with E-state index in [0.29, 0.717) is 5.56 Å². The minimum Gasteiger partial charge on any atom is -0.479 e. The number of hydrogen-bond donors (Lipinski definition) is 3. The maximum atomic E-state index is 11.6. The molecule has 0 saturated heterocycles. The van der Waals surface area contributed by atoms with Crippen LogP contribution in [-0.4, -0.2) is 22.2 Å². The first-order valence-corrected chi connectivity index (χ1v) is 7.40. The molecule has 0 radical (unpaired) electrons. The summed E-state index contributed by atoms with van der Waals surface area (Å²) in [6.07, 6.45) is 0. The Morgan fingerprint density at radius 1 is 1.00 bits per heavy atom. The summed E-state index contributed by atoms with van der Waals surface area (Å²) in [6.45, 7) is 0. The largest absolute Gasteiger partial charge is 0.479 e. The Morgan fingerprint density at radius 3 is 2.22 bits per heavy atom. The molecule has 2 aromatic carbocycles. The number of aliphatic carboxylic acids is 1. The van der Waals surface area contributed by atoms with Crippen LogP contribution in [0.3, 0.4) is 0 Å². The van der Waals surface area contributed by atoms with Crippen molar-refractivity contribution in [1.82, 2.24) is 0 Å². The summed E-state index contributed by atoms with van der Waals surface area (Å²) in [5.41, 5.74) is 0.281. The Morgan fingerprint density at radius 2 is 1.65 bits per heavy atom. The summed E-state index contributed by atoms with van der Waals surface area (Å²) in [5.74, 6) is -2.41. The zero-order valence-electron chi connectivity index (χ0n) is 11.4. The van der Waals surface area contributed by atoms with E-state index in [-0.39, 0.29) is 26.3 Å². The molecular formula is C15H10Cl3NO4. The zero-order valence-corrected chi connectivity index (χ0v) is 13.7. The quantitative estimate of drug-likeness (QED) is 0.713. The van der Waals surface area contributed by atoms with Gasteiger partial charge >= 0.3 is 11.9 Å². The lowest BCUT2D eigenvalue weighted by molar-refractivity contribution is -0.138. The Balaban J connectivity index is 2.48. The summed E-state index contributed by atoms with van der Waals surface area (Å²) in [4.78, 5) is 22.7. The van der Waals surface area contributed by atoms with Gasteiger partial charge in [-0.05, 0) is 18.2 Å². The standard InChI is InChI=1S/C15H10Cl3NO4/c16-9-4-2-1-3-8(9)13(15(22)23)19-11-6-7(14(20)21)5-10(17)12(11)18/h1-6,13,19H,(H,20,21)(H,22,23). The third-order valence-corrected chi connectivity index (χ3v) is 4.18. The van der Waals surface area contributed by atoms with Crippen LogP contribution in [0.25, 0.3) is 0 Å². The average Bonchev–Trinajstić information content (AvgIpc) is 2.49. The molecule has 3 N–H and O–H groups in total. The van der Waals surface area contributed by atoms with Crippen LogP contribution in [0, 0.1) is 0 Å². The van der Waals surface area contributed by atoms with Crippen molar-refractivity contribution >= 4 is 52.4 Å². The molecule has 1 atom stereocenters. The van der Waals surface area contributed by atoms with Crippen LogP contribution in [0.2, 0.25) is 15.1 Å². The lowest BCUT2D eigenvalue weighted by Gasteiger charge is -2.19. The molecule has 0 bridgehead atoms. The number of carboxylic acid groups (broad SMARTS) is 2. The van der Waals surface area contributed by atoms with Crippen LogP contribution in [0.1, 0.15) is 22.0 Å². The second-order valence-electron chi connectivity index (χ2n) is 4.56. The van der Waals surface area contributed by atoms with Crippen molar-refractivity contribution in [2.75, 3.05) is 5.32 Å². The number of carbonyl (C=O) groups is 2. The number of nitrogens with one attached hydrogen (secondary N) is 1. The predicted molar refractivity (Wildman–Crippen MR) is 88.9 cm³/mol. The van der Waals surface area contributed by atoms with Crippen LogP contribution in [0.15, 0.2) is 36.4 Å². The molecule has 120 valence electrons. The molecule has 0 aromatic heterocycles. The van der Waals surface area contributed by atoms with Gasteiger partial charge < -0.3 is 15.5 Å². The van der Waals surface area contributed by atoms with E-state index in [1.807, 2.05) is 0 Å². The van der Waals surface area contributed by atoms with E-state index in [4.69, 9.17) is 39.9 Å². The summed E-state index contributed by atoms with van der Waals surface area (Å²) >= 11 is 18.0. The van der Waals surface area contributed by atoms with Gasteiger partial charge in [0.15, 0.2) is 6.04 Å². The van der Waals surface area contributed by atoms with Gasteiger partial charge in [0.1, 0.15) is 0 Å². The van der Waals surface area contributed by atoms with Crippen LogP contribution in [0.4, 0.5) is 5.69 Å². The van der Waals surface area contributed by atoms with Crippen LogP contribution in [0.5, 0.6) is 0 Å². The van der Waals surface area contributed by atoms with E-state index in [1.54, 1.807) is 24.3 Å². The molecule has 0 fully saturated rings. The molecule has 0 heterocycles. The first kappa shape index (κ1) is 17.4. The van der Waals surface area contributed by atoms with Gasteiger partial charge in [0.25, 0.3) is 0 Å². The second-order valence-corrected chi connectivity index (χ2v) is 5.75. The fraction of sp³-hybridized carbons (Fsp3) is 0.0667. The highest BCUT2D eigenvalue weighted by Crippen LogP contribution is 2.35. The average molecular weight is 375 g/mol. The smallest absolute Gasteiger partial charge is 0.335 e. The molecule has 0 aliphatic carbocycles. The Kier molecular flexibility index (Phi) is 5.36. The highest BCUT2D eigenvalue weighted by atomic mass is 35.5. The molecule has 0 amide bonds. The lowest BCUT2D eigenvalue weighted by atomic mass is 10.1. The second kappa shape index (κ2) is 7.08. The fourth-order valence-corrected chi connectivity index (χ4v) is 2.58. The number of hydrogen-bond acceptors (Lipinski definition) is 3. The number of anilines is 1. The number of carboxylic acids is 2. The normalized spacial score (nSPS) is 11.8. The Labute approximate surface area is 146 Å². The monoisotopic (exact) mass is 373 g/mol. The minimum atomic E-state index is -1.22. The molecular weight excluding hydrogens is 365 g/mol. The first-order valence-electron chi connectivity index (χ1n) is 6.27. The van der Waals surface area contributed by atoms with Gasteiger partial charge in [0.05, 0.1) is 21.3 Å². The number of benzene rings is 2. The molecule has 0 aliphatic rings. The fourth-order valence-electron chi connectivity index (χ4n) is 1.95. The van der Waals surface area contributed by atoms with Crippen molar-refractivity contribution < 1.29 is 19.8 Å². The maximum Gasteiger partial charge on any atom is 0.335 e. The van der Waals surface area contributed by atoms with Gasteiger partial charge in [-0.25, -0.2) is 9.59 Å². The van der Waals surface area contributed by atoms with Gasteiger partial charge in [-0.1, -0.05) is 53.0 Å². The summed E-state index contributed by atoms with van der Waals surface area (Å²) in [5, 5.41) is 21.5. The van der Waals surface area contributed by atoms with Crippen LogP contribution >= 0.6 is 34.8 Å². The van der Waals surface area contributed by atoms with Crippen molar-refractivity contribution in [3.63, 3.8) is 0 Å². The highest BCUT2D eigenvalue weighted by molar-refractivity contribution is 6.44. The lowest BCUT2D eigenvalue weighted by Crippen LogP contribution is -2.21. The van der Waals surface area contributed by atoms with E-state index in [9.17, 15) is 14.7 Å².